The fourth-order valence-electron chi connectivity index (χ4n) is 2.18. The Bertz CT molecular complexity index is 816. The van der Waals surface area contributed by atoms with E-state index in [-0.39, 0.29) is 22.6 Å². The molecule has 0 unspecified atom stereocenters. The first kappa shape index (κ1) is 14.7. The number of aliphatic hydroxyl groups excluding tert-OH is 1. The Hall–Kier alpha value is -2.24. The minimum absolute atomic E-state index is 0.0620. The molecule has 2 aromatic carbocycles. The summed E-state index contributed by atoms with van der Waals surface area (Å²) in [5.74, 6) is -1.73. The molecule has 0 aliphatic heterocycles. The smallest absolute Gasteiger partial charge is 0.173 e. The summed E-state index contributed by atoms with van der Waals surface area (Å²) >= 11 is 5.83. The molecule has 0 radical (unpaired) electrons. The number of aliphatic hydroxyl groups is 1. The molecule has 22 heavy (non-hydrogen) atoms. The lowest BCUT2D eigenvalue weighted by Gasteiger charge is -2.03. The van der Waals surface area contributed by atoms with E-state index in [1.165, 1.54) is 12.1 Å². The maximum absolute atomic E-state index is 13.9. The van der Waals surface area contributed by atoms with Crippen LogP contribution >= 0.6 is 11.6 Å². The predicted octanol–water partition coefficient (Wildman–Crippen LogP) is 4.43. The lowest BCUT2D eigenvalue weighted by Crippen LogP contribution is -1.94. The molecule has 0 aliphatic carbocycles. The van der Waals surface area contributed by atoms with E-state index >= 15 is 0 Å². The number of hydrogen-bond acceptors (Lipinski definition) is 3. The Morgan fingerprint density at radius 1 is 1.09 bits per heavy atom. The molecule has 3 aromatic rings. The highest BCUT2D eigenvalue weighted by molar-refractivity contribution is 6.30. The van der Waals surface area contributed by atoms with E-state index in [1.54, 1.807) is 24.3 Å². The summed E-state index contributed by atoms with van der Waals surface area (Å²) in [6.07, 6.45) is 0. The van der Waals surface area contributed by atoms with Crippen LogP contribution in [0.25, 0.3) is 22.6 Å². The van der Waals surface area contributed by atoms with Gasteiger partial charge in [-0.05, 0) is 36.4 Å². The van der Waals surface area contributed by atoms with E-state index in [0.29, 0.717) is 10.6 Å². The van der Waals surface area contributed by atoms with E-state index in [1.807, 2.05) is 0 Å². The van der Waals surface area contributed by atoms with Crippen LogP contribution in [0.1, 0.15) is 5.56 Å². The van der Waals surface area contributed by atoms with Crippen molar-refractivity contribution in [2.45, 2.75) is 6.61 Å². The molecular formula is C16H10ClF2NO2. The van der Waals surface area contributed by atoms with Crippen LogP contribution in [0.15, 0.2) is 47.0 Å². The average Bonchev–Trinajstić information content (AvgIpc) is 2.94. The summed E-state index contributed by atoms with van der Waals surface area (Å²) in [5.41, 5.74) is 0.924. The fourth-order valence-corrected chi connectivity index (χ4v) is 2.31. The molecule has 3 nitrogen and oxygen atoms in total. The van der Waals surface area contributed by atoms with Crippen LogP contribution < -0.4 is 0 Å². The van der Waals surface area contributed by atoms with Crippen molar-refractivity contribution in [3.63, 3.8) is 0 Å². The van der Waals surface area contributed by atoms with Crippen molar-refractivity contribution in [3.05, 3.63) is 64.7 Å². The molecule has 1 N–H and O–H groups in total. The Balaban J connectivity index is 2.15. The highest BCUT2D eigenvalue weighted by Crippen LogP contribution is 2.34. The van der Waals surface area contributed by atoms with Gasteiger partial charge in [-0.3, -0.25) is 0 Å². The molecular weight excluding hydrogens is 312 g/mol. The second kappa shape index (κ2) is 5.87. The fraction of sp³-hybridized carbons (Fsp3) is 0.0625. The van der Waals surface area contributed by atoms with E-state index in [0.717, 1.165) is 6.07 Å². The molecule has 6 heteroatoms. The van der Waals surface area contributed by atoms with Gasteiger partial charge in [0.25, 0.3) is 0 Å². The molecule has 1 aromatic heterocycles. The van der Waals surface area contributed by atoms with Gasteiger partial charge in [0.15, 0.2) is 17.4 Å². The second-order valence-electron chi connectivity index (χ2n) is 4.61. The van der Waals surface area contributed by atoms with Crippen LogP contribution in [-0.2, 0) is 6.61 Å². The molecule has 0 bridgehead atoms. The first-order valence-electron chi connectivity index (χ1n) is 6.41. The van der Waals surface area contributed by atoms with Gasteiger partial charge in [-0.2, -0.15) is 0 Å². The zero-order valence-electron chi connectivity index (χ0n) is 11.2. The Morgan fingerprint density at radius 3 is 2.50 bits per heavy atom. The number of benzene rings is 2. The van der Waals surface area contributed by atoms with Crippen molar-refractivity contribution in [3.8, 4) is 22.6 Å². The van der Waals surface area contributed by atoms with E-state index in [2.05, 4.69) is 5.16 Å². The molecule has 1 heterocycles. The lowest BCUT2D eigenvalue weighted by atomic mass is 10.0. The van der Waals surface area contributed by atoms with E-state index < -0.39 is 18.2 Å². The molecule has 0 fully saturated rings. The van der Waals surface area contributed by atoms with Gasteiger partial charge in [-0.1, -0.05) is 22.8 Å². The molecule has 0 saturated heterocycles. The summed E-state index contributed by atoms with van der Waals surface area (Å²) in [6, 6.07) is 10.4. The van der Waals surface area contributed by atoms with Crippen LogP contribution in [0.4, 0.5) is 8.78 Å². The normalized spacial score (nSPS) is 10.9. The standard InChI is InChI=1S/C16H10ClF2NO2/c17-10-6-4-9(5-7-10)16-12(8-21)15(20-22-16)11-2-1-3-13(18)14(11)19/h1-7,21H,8H2. The maximum Gasteiger partial charge on any atom is 0.173 e. The number of aromatic nitrogens is 1. The van der Waals surface area contributed by atoms with Gasteiger partial charge in [0.1, 0.15) is 5.69 Å². The first-order chi connectivity index (χ1) is 10.6. The minimum atomic E-state index is -1.03. The van der Waals surface area contributed by atoms with Crippen LogP contribution in [0.5, 0.6) is 0 Å². The summed E-state index contributed by atoms with van der Waals surface area (Å²) in [5, 5.41) is 13.9. The average molecular weight is 322 g/mol. The Morgan fingerprint density at radius 2 is 1.82 bits per heavy atom. The highest BCUT2D eigenvalue weighted by Gasteiger charge is 2.21. The van der Waals surface area contributed by atoms with Crippen molar-refractivity contribution in [2.75, 3.05) is 0 Å². The molecule has 112 valence electrons. The van der Waals surface area contributed by atoms with E-state index in [4.69, 9.17) is 16.1 Å². The van der Waals surface area contributed by atoms with Crippen LogP contribution in [-0.4, -0.2) is 10.3 Å². The molecule has 3 rings (SSSR count). The van der Waals surface area contributed by atoms with Gasteiger partial charge < -0.3 is 9.63 Å². The monoisotopic (exact) mass is 321 g/mol. The topological polar surface area (TPSA) is 46.3 Å². The SMILES string of the molecule is OCc1c(-c2cccc(F)c2F)noc1-c1ccc(Cl)cc1. The van der Waals surface area contributed by atoms with Crippen molar-refractivity contribution in [2.24, 2.45) is 0 Å². The van der Waals surface area contributed by atoms with Crippen LogP contribution in [0.2, 0.25) is 5.02 Å². The Labute approximate surface area is 129 Å². The minimum Gasteiger partial charge on any atom is -0.391 e. The van der Waals surface area contributed by atoms with Crippen LogP contribution in [0, 0.1) is 11.6 Å². The first-order valence-corrected chi connectivity index (χ1v) is 6.79. The third-order valence-electron chi connectivity index (χ3n) is 3.26. The third kappa shape index (κ3) is 2.49. The highest BCUT2D eigenvalue weighted by atomic mass is 35.5. The third-order valence-corrected chi connectivity index (χ3v) is 3.51. The second-order valence-corrected chi connectivity index (χ2v) is 5.04. The van der Waals surface area contributed by atoms with E-state index in [9.17, 15) is 13.9 Å². The summed E-state index contributed by atoms with van der Waals surface area (Å²) in [7, 11) is 0. The summed E-state index contributed by atoms with van der Waals surface area (Å²) in [4.78, 5) is 0. The van der Waals surface area contributed by atoms with Crippen molar-refractivity contribution < 1.29 is 18.4 Å². The number of nitrogens with zero attached hydrogens (tertiary/aromatic N) is 1. The van der Waals surface area contributed by atoms with Gasteiger partial charge in [0.05, 0.1) is 12.2 Å². The Kier molecular flexibility index (Phi) is 3.92. The van der Waals surface area contributed by atoms with Gasteiger partial charge in [-0.15, -0.1) is 0 Å². The molecule has 0 saturated carbocycles. The predicted molar refractivity (Wildman–Crippen MR) is 78.2 cm³/mol. The largest absolute Gasteiger partial charge is 0.391 e. The molecule has 0 amide bonds. The lowest BCUT2D eigenvalue weighted by molar-refractivity contribution is 0.281. The zero-order chi connectivity index (χ0) is 15.7. The maximum atomic E-state index is 13.9. The molecule has 0 aliphatic rings. The van der Waals surface area contributed by atoms with Gasteiger partial charge >= 0.3 is 0 Å². The molecule has 0 spiro atoms. The van der Waals surface area contributed by atoms with Crippen molar-refractivity contribution in [1.82, 2.24) is 5.16 Å². The number of rotatable bonds is 3. The molecule has 0 atom stereocenters. The quantitative estimate of drug-likeness (QED) is 0.776. The van der Waals surface area contributed by atoms with Crippen LogP contribution in [0.3, 0.4) is 0 Å². The van der Waals surface area contributed by atoms with Gasteiger partial charge in [0, 0.05) is 16.1 Å². The zero-order valence-corrected chi connectivity index (χ0v) is 11.9. The number of hydrogen-bond donors (Lipinski definition) is 1. The summed E-state index contributed by atoms with van der Waals surface area (Å²) < 4.78 is 32.5. The van der Waals surface area contributed by atoms with Gasteiger partial charge in [-0.25, -0.2) is 8.78 Å². The number of halogens is 3. The van der Waals surface area contributed by atoms with Crippen molar-refractivity contribution in [1.29, 1.82) is 0 Å². The van der Waals surface area contributed by atoms with Gasteiger partial charge in [0.2, 0.25) is 0 Å². The van der Waals surface area contributed by atoms with Crippen molar-refractivity contribution >= 4 is 11.6 Å². The summed E-state index contributed by atoms with van der Waals surface area (Å²) in [6.45, 7) is -0.424.